The maximum atomic E-state index is 11.9. The third kappa shape index (κ3) is 2.63. The van der Waals surface area contributed by atoms with Crippen molar-refractivity contribution in [2.45, 2.75) is 4.21 Å². The Morgan fingerprint density at radius 2 is 2.11 bits per heavy atom. The van der Waals surface area contributed by atoms with E-state index in [0.717, 1.165) is 0 Å². The number of hydrogen-bond donors (Lipinski definition) is 2. The molecular formula is C9H7N3O4S2. The van der Waals surface area contributed by atoms with Gasteiger partial charge in [-0.25, -0.2) is 13.2 Å². The molecule has 0 aliphatic heterocycles. The smallest absolute Gasteiger partial charge is 0.345 e. The average molecular weight is 285 g/mol. The van der Waals surface area contributed by atoms with E-state index in [9.17, 15) is 13.2 Å². The number of carboxylic acid groups (broad SMARTS) is 1. The van der Waals surface area contributed by atoms with Crippen LogP contribution in [0.2, 0.25) is 0 Å². The van der Waals surface area contributed by atoms with Gasteiger partial charge in [0.1, 0.15) is 9.09 Å². The molecule has 0 aliphatic carbocycles. The lowest BCUT2D eigenvalue weighted by molar-refractivity contribution is 0.0702. The lowest BCUT2D eigenvalue weighted by atomic mass is 10.5. The van der Waals surface area contributed by atoms with Gasteiger partial charge in [-0.2, -0.15) is 5.10 Å². The number of sulfonamides is 1. The van der Waals surface area contributed by atoms with Crippen molar-refractivity contribution >= 4 is 33.1 Å². The minimum atomic E-state index is -3.82. The minimum absolute atomic E-state index is 0.0467. The van der Waals surface area contributed by atoms with E-state index in [1.807, 2.05) is 0 Å². The Balaban J connectivity index is 2.28. The van der Waals surface area contributed by atoms with Crippen molar-refractivity contribution in [1.29, 1.82) is 0 Å². The Hall–Kier alpha value is -2.00. The number of carboxylic acids is 1. The molecule has 0 atom stereocenters. The molecule has 2 heterocycles. The van der Waals surface area contributed by atoms with E-state index in [4.69, 9.17) is 5.11 Å². The summed E-state index contributed by atoms with van der Waals surface area (Å²) in [4.78, 5) is 10.6. The van der Waals surface area contributed by atoms with Crippen LogP contribution in [0.3, 0.4) is 0 Å². The van der Waals surface area contributed by atoms with Gasteiger partial charge >= 0.3 is 5.97 Å². The first-order valence-electron chi connectivity index (χ1n) is 4.63. The molecule has 9 heteroatoms. The van der Waals surface area contributed by atoms with Crippen LogP contribution < -0.4 is 4.72 Å². The molecule has 0 bridgehead atoms. The predicted octanol–water partition coefficient (Wildman–Crippen LogP) is 1.04. The minimum Gasteiger partial charge on any atom is -0.477 e. The first kappa shape index (κ1) is 12.5. The lowest BCUT2D eigenvalue weighted by Gasteiger charge is -2.03. The van der Waals surface area contributed by atoms with Gasteiger partial charge in [-0.1, -0.05) is 0 Å². The highest BCUT2D eigenvalue weighted by Crippen LogP contribution is 2.23. The number of aromatic nitrogens is 2. The van der Waals surface area contributed by atoms with E-state index in [0.29, 0.717) is 11.3 Å². The highest BCUT2D eigenvalue weighted by molar-refractivity contribution is 7.94. The fourth-order valence-corrected chi connectivity index (χ4v) is 3.26. The molecule has 2 N–H and O–H groups in total. The number of aromatic carboxylic acids is 1. The quantitative estimate of drug-likeness (QED) is 0.868. The zero-order valence-electron chi connectivity index (χ0n) is 8.77. The fourth-order valence-electron chi connectivity index (χ4n) is 1.12. The average Bonchev–Trinajstić information content (AvgIpc) is 2.79. The summed E-state index contributed by atoms with van der Waals surface area (Å²) in [5, 5.41) is 15.8. The normalized spacial score (nSPS) is 11.1. The molecule has 0 radical (unpaired) electrons. The van der Waals surface area contributed by atoms with Gasteiger partial charge in [0.05, 0.1) is 0 Å². The monoisotopic (exact) mass is 285 g/mol. The van der Waals surface area contributed by atoms with Gasteiger partial charge < -0.3 is 5.11 Å². The predicted molar refractivity (Wildman–Crippen MR) is 64.1 cm³/mol. The molecule has 2 rings (SSSR count). The molecule has 18 heavy (non-hydrogen) atoms. The SMILES string of the molecule is O=C(O)c1ccc(S(=O)(=O)Nc2cccnn2)s1. The molecule has 0 spiro atoms. The molecule has 7 nitrogen and oxygen atoms in total. The molecule has 0 saturated heterocycles. The van der Waals surface area contributed by atoms with Crippen LogP contribution in [-0.2, 0) is 10.0 Å². The molecule has 0 aromatic carbocycles. The Morgan fingerprint density at radius 1 is 1.33 bits per heavy atom. The van der Waals surface area contributed by atoms with Gasteiger partial charge in [0.15, 0.2) is 5.82 Å². The van der Waals surface area contributed by atoms with Crippen molar-refractivity contribution in [1.82, 2.24) is 10.2 Å². The first-order chi connectivity index (χ1) is 8.49. The van der Waals surface area contributed by atoms with E-state index >= 15 is 0 Å². The maximum Gasteiger partial charge on any atom is 0.345 e. The summed E-state index contributed by atoms with van der Waals surface area (Å²) in [5.74, 6) is -1.09. The summed E-state index contributed by atoms with van der Waals surface area (Å²) in [7, 11) is -3.82. The number of nitrogens with zero attached hydrogens (tertiary/aromatic N) is 2. The second-order valence-electron chi connectivity index (χ2n) is 3.14. The van der Waals surface area contributed by atoms with Crippen molar-refractivity contribution in [3.63, 3.8) is 0 Å². The molecule has 0 fully saturated rings. The Morgan fingerprint density at radius 3 is 2.67 bits per heavy atom. The molecule has 0 saturated carbocycles. The van der Waals surface area contributed by atoms with E-state index in [1.165, 1.54) is 30.5 Å². The standard InChI is InChI=1S/C9H7N3O4S2/c13-9(14)6-3-4-8(17-6)18(15,16)12-7-2-1-5-10-11-7/h1-5H,(H,11,12)(H,13,14). The van der Waals surface area contributed by atoms with Gasteiger partial charge in [-0.05, 0) is 24.3 Å². The van der Waals surface area contributed by atoms with Crippen LogP contribution in [-0.4, -0.2) is 29.7 Å². The van der Waals surface area contributed by atoms with Crippen molar-refractivity contribution in [2.75, 3.05) is 4.72 Å². The molecule has 0 amide bonds. The van der Waals surface area contributed by atoms with Crippen molar-refractivity contribution < 1.29 is 18.3 Å². The van der Waals surface area contributed by atoms with Crippen LogP contribution in [0.25, 0.3) is 0 Å². The van der Waals surface area contributed by atoms with E-state index in [-0.39, 0.29) is 14.9 Å². The Labute approximate surface area is 106 Å². The second-order valence-corrected chi connectivity index (χ2v) is 6.13. The largest absolute Gasteiger partial charge is 0.477 e. The molecule has 94 valence electrons. The maximum absolute atomic E-state index is 11.9. The zero-order valence-corrected chi connectivity index (χ0v) is 10.4. The molecule has 2 aromatic rings. The third-order valence-electron chi connectivity index (χ3n) is 1.87. The van der Waals surface area contributed by atoms with Crippen LogP contribution in [0.5, 0.6) is 0 Å². The van der Waals surface area contributed by atoms with Crippen molar-refractivity contribution in [3.8, 4) is 0 Å². The fraction of sp³-hybridized carbons (Fsp3) is 0. The number of nitrogens with one attached hydrogen (secondary N) is 1. The summed E-state index contributed by atoms with van der Waals surface area (Å²) < 4.78 is 25.9. The summed E-state index contributed by atoms with van der Waals surface area (Å²) in [6.45, 7) is 0. The van der Waals surface area contributed by atoms with Crippen molar-refractivity contribution in [3.05, 3.63) is 35.3 Å². The van der Waals surface area contributed by atoms with E-state index < -0.39 is 16.0 Å². The summed E-state index contributed by atoms with van der Waals surface area (Å²) in [5.41, 5.74) is 0. The van der Waals surface area contributed by atoms with E-state index in [1.54, 1.807) is 0 Å². The van der Waals surface area contributed by atoms with Gasteiger partial charge in [0, 0.05) is 6.20 Å². The van der Waals surface area contributed by atoms with Crippen molar-refractivity contribution in [2.24, 2.45) is 0 Å². The molecule has 0 aliphatic rings. The number of rotatable bonds is 4. The number of thiophene rings is 1. The zero-order chi connectivity index (χ0) is 13.2. The Kier molecular flexibility index (Phi) is 3.26. The van der Waals surface area contributed by atoms with Gasteiger partial charge in [-0.3, -0.25) is 4.72 Å². The first-order valence-corrected chi connectivity index (χ1v) is 6.93. The van der Waals surface area contributed by atoms with Crippen LogP contribution in [0.1, 0.15) is 9.67 Å². The highest BCUT2D eigenvalue weighted by Gasteiger charge is 2.19. The van der Waals surface area contributed by atoms with Crippen LogP contribution >= 0.6 is 11.3 Å². The van der Waals surface area contributed by atoms with Gasteiger partial charge in [0.2, 0.25) is 0 Å². The van der Waals surface area contributed by atoms with E-state index in [2.05, 4.69) is 14.9 Å². The van der Waals surface area contributed by atoms with Crippen LogP contribution in [0, 0.1) is 0 Å². The topological polar surface area (TPSA) is 109 Å². The third-order valence-corrected chi connectivity index (χ3v) is 4.79. The second kappa shape index (κ2) is 4.70. The summed E-state index contributed by atoms with van der Waals surface area (Å²) >= 11 is 0.669. The number of carbonyl (C=O) groups is 1. The molecule has 0 unspecified atom stereocenters. The molecule has 2 aromatic heterocycles. The summed E-state index contributed by atoms with van der Waals surface area (Å²) in [6, 6.07) is 5.43. The Bertz CT molecular complexity index is 666. The molecular weight excluding hydrogens is 278 g/mol. The highest BCUT2D eigenvalue weighted by atomic mass is 32.2. The number of hydrogen-bond acceptors (Lipinski definition) is 6. The van der Waals surface area contributed by atoms with Gasteiger partial charge in [0.25, 0.3) is 10.0 Å². The summed E-state index contributed by atoms with van der Waals surface area (Å²) in [6.07, 6.45) is 1.41. The lowest BCUT2D eigenvalue weighted by Crippen LogP contribution is -2.12. The number of anilines is 1. The van der Waals surface area contributed by atoms with Crippen LogP contribution in [0.4, 0.5) is 5.82 Å². The van der Waals surface area contributed by atoms with Gasteiger partial charge in [-0.15, -0.1) is 16.4 Å². The van der Waals surface area contributed by atoms with Crippen LogP contribution in [0.15, 0.2) is 34.7 Å².